The van der Waals surface area contributed by atoms with Crippen LogP contribution in [0.2, 0.25) is 5.02 Å². The minimum atomic E-state index is -0.451. The summed E-state index contributed by atoms with van der Waals surface area (Å²) in [7, 11) is 0. The van der Waals surface area contributed by atoms with Gasteiger partial charge in [-0.1, -0.05) is 29.8 Å². The van der Waals surface area contributed by atoms with Crippen molar-refractivity contribution in [1.82, 2.24) is 0 Å². The monoisotopic (exact) mass is 430 g/mol. The van der Waals surface area contributed by atoms with Gasteiger partial charge in [-0.25, -0.2) is 4.90 Å². The zero-order valence-corrected chi connectivity index (χ0v) is 17.4. The number of anilines is 2. The third-order valence-corrected chi connectivity index (χ3v) is 5.82. The van der Waals surface area contributed by atoms with Gasteiger partial charge < -0.3 is 10.4 Å². The summed E-state index contributed by atoms with van der Waals surface area (Å²) >= 11 is 7.32. The van der Waals surface area contributed by atoms with Crippen LogP contribution in [0.4, 0.5) is 11.4 Å². The molecule has 0 aromatic heterocycles. The Labute approximate surface area is 177 Å². The van der Waals surface area contributed by atoms with E-state index in [1.165, 1.54) is 6.92 Å². The summed E-state index contributed by atoms with van der Waals surface area (Å²) in [4.78, 5) is 39.0. The summed E-state index contributed by atoms with van der Waals surface area (Å²) < 4.78 is 0. The Morgan fingerprint density at radius 1 is 1.14 bits per heavy atom. The van der Waals surface area contributed by atoms with Gasteiger partial charge in [-0.15, -0.1) is 11.8 Å². The predicted octanol–water partition coefficient (Wildman–Crippen LogP) is 3.62. The molecule has 29 heavy (non-hydrogen) atoms. The van der Waals surface area contributed by atoms with Gasteiger partial charge in [-0.3, -0.25) is 14.4 Å². The molecule has 150 valence electrons. The molecule has 0 bridgehead atoms. The van der Waals surface area contributed by atoms with Crippen molar-refractivity contribution >= 4 is 58.0 Å². The van der Waals surface area contributed by atoms with Crippen molar-refractivity contribution < 1.29 is 19.5 Å². The molecule has 0 aliphatic carbocycles. The Bertz CT molecular complexity index is 1020. The van der Waals surface area contributed by atoms with E-state index in [1.807, 2.05) is 0 Å². The third-order valence-electron chi connectivity index (χ3n) is 4.35. The Morgan fingerprint density at radius 3 is 2.45 bits per heavy atom. The van der Waals surface area contributed by atoms with E-state index >= 15 is 0 Å². The molecule has 0 spiro atoms. The summed E-state index contributed by atoms with van der Waals surface area (Å²) in [6.45, 7) is 3.03. The van der Waals surface area contributed by atoms with Crippen molar-refractivity contribution in [2.75, 3.05) is 22.6 Å². The first-order valence-electron chi connectivity index (χ1n) is 8.85. The molecular weight excluding hydrogens is 412 g/mol. The lowest BCUT2D eigenvalue weighted by Crippen LogP contribution is -2.32. The number of halogens is 1. The number of hydrogen-bond donors (Lipinski definition) is 2. The van der Waals surface area contributed by atoms with Crippen LogP contribution in [0.25, 0.3) is 5.57 Å². The number of benzene rings is 2. The highest BCUT2D eigenvalue weighted by Crippen LogP contribution is 2.40. The standard InChI is InChI=1S/C21H19ClN2O4S/c1-12-16(22)4-3-5-17(12)24-20(27)18(19(21(24)28)29-11-10-25)14-6-8-15(9-7-14)23-13(2)26/h3-9,25H,10-11H2,1-2H3,(H,23,26). The molecule has 0 saturated carbocycles. The van der Waals surface area contributed by atoms with Crippen LogP contribution < -0.4 is 10.2 Å². The van der Waals surface area contributed by atoms with Gasteiger partial charge in [0.15, 0.2) is 0 Å². The minimum absolute atomic E-state index is 0.124. The molecule has 1 aliphatic rings. The van der Waals surface area contributed by atoms with Crippen molar-refractivity contribution in [2.45, 2.75) is 13.8 Å². The molecule has 0 unspecified atom stereocenters. The van der Waals surface area contributed by atoms with Gasteiger partial charge in [-0.05, 0) is 42.3 Å². The Kier molecular flexibility index (Phi) is 6.42. The number of nitrogens with zero attached hydrogens (tertiary/aromatic N) is 1. The van der Waals surface area contributed by atoms with Gasteiger partial charge >= 0.3 is 0 Å². The smallest absolute Gasteiger partial charge is 0.272 e. The molecule has 2 aromatic rings. The van der Waals surface area contributed by atoms with E-state index in [4.69, 9.17) is 11.6 Å². The molecule has 0 radical (unpaired) electrons. The van der Waals surface area contributed by atoms with Crippen LogP contribution in [0.1, 0.15) is 18.1 Å². The summed E-state index contributed by atoms with van der Waals surface area (Å²) in [6, 6.07) is 11.8. The maximum atomic E-state index is 13.3. The topological polar surface area (TPSA) is 86.7 Å². The molecule has 3 amide bonds. The molecule has 2 N–H and O–H groups in total. The lowest BCUT2D eigenvalue weighted by molar-refractivity contribution is -0.120. The molecule has 8 heteroatoms. The van der Waals surface area contributed by atoms with Crippen LogP contribution >= 0.6 is 23.4 Å². The van der Waals surface area contributed by atoms with Crippen molar-refractivity contribution in [3.8, 4) is 0 Å². The number of rotatable bonds is 6. The van der Waals surface area contributed by atoms with E-state index in [2.05, 4.69) is 5.32 Å². The fourth-order valence-corrected chi connectivity index (χ4v) is 4.06. The lowest BCUT2D eigenvalue weighted by Gasteiger charge is -2.18. The molecule has 1 aliphatic heterocycles. The van der Waals surface area contributed by atoms with E-state index in [-0.39, 0.29) is 28.7 Å². The normalized spacial score (nSPS) is 14.0. The van der Waals surface area contributed by atoms with E-state index in [9.17, 15) is 19.5 Å². The highest BCUT2D eigenvalue weighted by Gasteiger charge is 2.40. The second-order valence-electron chi connectivity index (χ2n) is 6.36. The summed E-state index contributed by atoms with van der Waals surface area (Å²) in [6.07, 6.45) is 0. The van der Waals surface area contributed by atoms with Crippen LogP contribution in [0.15, 0.2) is 47.4 Å². The molecule has 0 saturated heterocycles. The number of thioether (sulfide) groups is 1. The van der Waals surface area contributed by atoms with Crippen molar-refractivity contribution in [2.24, 2.45) is 0 Å². The third kappa shape index (κ3) is 4.22. The number of aliphatic hydroxyl groups excluding tert-OH is 1. The molecule has 3 rings (SSSR count). The summed E-state index contributed by atoms with van der Waals surface area (Å²) in [5, 5.41) is 12.3. The van der Waals surface area contributed by atoms with Gasteiger partial charge in [-0.2, -0.15) is 0 Å². The molecule has 0 fully saturated rings. The van der Waals surface area contributed by atoms with E-state index < -0.39 is 11.8 Å². The quantitative estimate of drug-likeness (QED) is 0.683. The van der Waals surface area contributed by atoms with Gasteiger partial charge in [0.25, 0.3) is 11.8 Å². The summed E-state index contributed by atoms with van der Waals surface area (Å²) in [5.41, 5.74) is 2.47. The Hall–Kier alpha value is -2.61. The van der Waals surface area contributed by atoms with E-state index in [1.54, 1.807) is 49.4 Å². The van der Waals surface area contributed by atoms with Crippen LogP contribution in [0.5, 0.6) is 0 Å². The molecule has 6 nitrogen and oxygen atoms in total. The molecule has 2 aromatic carbocycles. The SMILES string of the molecule is CC(=O)Nc1ccc(C2=C(SCCO)C(=O)N(c3cccc(Cl)c3C)C2=O)cc1. The Morgan fingerprint density at radius 2 is 1.83 bits per heavy atom. The first kappa shape index (κ1) is 21.1. The van der Waals surface area contributed by atoms with E-state index in [0.29, 0.717) is 27.5 Å². The number of imide groups is 1. The second kappa shape index (κ2) is 8.82. The van der Waals surface area contributed by atoms with Crippen LogP contribution in [0, 0.1) is 6.92 Å². The first-order valence-corrected chi connectivity index (χ1v) is 10.2. The maximum Gasteiger partial charge on any atom is 0.272 e. The highest BCUT2D eigenvalue weighted by atomic mass is 35.5. The molecule has 0 atom stereocenters. The maximum absolute atomic E-state index is 13.3. The number of amides is 3. The fraction of sp³-hybridized carbons (Fsp3) is 0.190. The van der Waals surface area contributed by atoms with Gasteiger partial charge in [0.1, 0.15) is 0 Å². The van der Waals surface area contributed by atoms with Crippen LogP contribution in [0.3, 0.4) is 0 Å². The van der Waals surface area contributed by atoms with Crippen LogP contribution in [-0.4, -0.2) is 35.2 Å². The Balaban J connectivity index is 2.05. The summed E-state index contributed by atoms with van der Waals surface area (Å²) in [5.74, 6) is -0.816. The van der Waals surface area contributed by atoms with Gasteiger partial charge in [0, 0.05) is 23.4 Å². The largest absolute Gasteiger partial charge is 0.396 e. The van der Waals surface area contributed by atoms with Crippen molar-refractivity contribution in [3.05, 3.63) is 63.5 Å². The van der Waals surface area contributed by atoms with Crippen LogP contribution in [-0.2, 0) is 14.4 Å². The average molecular weight is 431 g/mol. The first-order chi connectivity index (χ1) is 13.8. The highest BCUT2D eigenvalue weighted by molar-refractivity contribution is 8.04. The number of aliphatic hydroxyl groups is 1. The second-order valence-corrected chi connectivity index (χ2v) is 7.88. The van der Waals surface area contributed by atoms with E-state index in [0.717, 1.165) is 16.7 Å². The fourth-order valence-electron chi connectivity index (χ4n) is 3.03. The number of carbonyl (C=O) groups excluding carboxylic acids is 3. The molecular formula is C21H19ClN2O4S. The lowest BCUT2D eigenvalue weighted by atomic mass is 10.1. The number of nitrogens with one attached hydrogen (secondary N) is 1. The van der Waals surface area contributed by atoms with Gasteiger partial charge in [0.05, 0.1) is 22.8 Å². The average Bonchev–Trinajstić information content (AvgIpc) is 2.92. The van der Waals surface area contributed by atoms with Gasteiger partial charge in [0.2, 0.25) is 5.91 Å². The molecule has 1 heterocycles. The van der Waals surface area contributed by atoms with Crippen molar-refractivity contribution in [3.63, 3.8) is 0 Å². The minimum Gasteiger partial charge on any atom is -0.396 e. The number of hydrogen-bond acceptors (Lipinski definition) is 5. The predicted molar refractivity (Wildman–Crippen MR) is 116 cm³/mol. The zero-order valence-electron chi connectivity index (χ0n) is 15.9. The zero-order chi connectivity index (χ0) is 21.1. The number of carbonyl (C=O) groups is 3. The van der Waals surface area contributed by atoms with Crippen molar-refractivity contribution in [1.29, 1.82) is 0 Å².